The molecule has 1 aromatic rings. The van der Waals surface area contributed by atoms with E-state index in [2.05, 4.69) is 0 Å². The Balaban J connectivity index is 0.000000771. The van der Waals surface area contributed by atoms with Gasteiger partial charge in [-0.3, -0.25) is 0 Å². The average Bonchev–Trinajstić information content (AvgIpc) is 2.70. The fourth-order valence-electron chi connectivity index (χ4n) is 2.15. The monoisotopic (exact) mass is 269 g/mol. The van der Waals surface area contributed by atoms with Crippen LogP contribution in [-0.4, -0.2) is 18.6 Å². The normalized spacial score (nSPS) is 17.5. The molecular formula is C14H23NO2S. The molecule has 0 aromatic carbocycles. The molecule has 1 aliphatic carbocycles. The molecule has 1 unspecified atom stereocenters. The van der Waals surface area contributed by atoms with Crippen molar-refractivity contribution in [2.45, 2.75) is 53.0 Å². The molecule has 1 heterocycles. The molecule has 1 aromatic heterocycles. The molecule has 0 bridgehead atoms. The smallest absolute Gasteiger partial charge is 0.348 e. The number of carbonyl (C=O) groups excluding carboxylic acids is 1. The Bertz CT molecular complexity index is 412. The van der Waals surface area contributed by atoms with Gasteiger partial charge in [0.25, 0.3) is 0 Å². The lowest BCUT2D eigenvalue weighted by atomic mass is 9.92. The second-order valence-corrected chi connectivity index (χ2v) is 5.29. The first-order valence-electron chi connectivity index (χ1n) is 6.67. The van der Waals surface area contributed by atoms with E-state index < -0.39 is 0 Å². The Morgan fingerprint density at radius 3 is 2.78 bits per heavy atom. The summed E-state index contributed by atoms with van der Waals surface area (Å²) in [5.74, 6) is -0.187. The molecule has 4 heteroatoms. The van der Waals surface area contributed by atoms with E-state index in [1.807, 2.05) is 27.7 Å². The third-order valence-electron chi connectivity index (χ3n) is 3.02. The third-order valence-corrected chi connectivity index (χ3v) is 4.40. The number of fused-ring (bicyclic) bond motifs is 1. The zero-order valence-corrected chi connectivity index (χ0v) is 12.5. The van der Waals surface area contributed by atoms with Gasteiger partial charge < -0.3 is 10.5 Å². The van der Waals surface area contributed by atoms with Crippen LogP contribution in [0.15, 0.2) is 0 Å². The summed E-state index contributed by atoms with van der Waals surface area (Å²) in [5.41, 5.74) is 8.31. The predicted molar refractivity (Wildman–Crippen MR) is 76.4 cm³/mol. The van der Waals surface area contributed by atoms with Gasteiger partial charge in [0.05, 0.1) is 6.61 Å². The Morgan fingerprint density at radius 2 is 2.17 bits per heavy atom. The zero-order valence-electron chi connectivity index (χ0n) is 11.7. The van der Waals surface area contributed by atoms with Crippen molar-refractivity contribution in [1.29, 1.82) is 0 Å². The van der Waals surface area contributed by atoms with Gasteiger partial charge in [0, 0.05) is 10.9 Å². The largest absolute Gasteiger partial charge is 0.462 e. The average molecular weight is 269 g/mol. The number of carbonyl (C=O) groups is 1. The van der Waals surface area contributed by atoms with E-state index in [4.69, 9.17) is 10.5 Å². The summed E-state index contributed by atoms with van der Waals surface area (Å²) in [5, 5.41) is 0. The Hall–Kier alpha value is -0.870. The number of rotatable bonds is 2. The van der Waals surface area contributed by atoms with Gasteiger partial charge in [-0.2, -0.15) is 0 Å². The molecule has 0 fully saturated rings. The van der Waals surface area contributed by atoms with E-state index in [-0.39, 0.29) is 12.0 Å². The first-order chi connectivity index (χ1) is 8.63. The quantitative estimate of drug-likeness (QED) is 0.839. The number of hydrogen-bond donors (Lipinski definition) is 1. The Labute approximate surface area is 113 Å². The van der Waals surface area contributed by atoms with Crippen LogP contribution in [0.5, 0.6) is 0 Å². The fourth-order valence-corrected chi connectivity index (χ4v) is 3.39. The van der Waals surface area contributed by atoms with Gasteiger partial charge in [-0.15, -0.1) is 11.3 Å². The van der Waals surface area contributed by atoms with Crippen molar-refractivity contribution in [3.63, 3.8) is 0 Å². The fraction of sp³-hybridized carbons (Fsp3) is 0.643. The van der Waals surface area contributed by atoms with Crippen LogP contribution >= 0.6 is 11.3 Å². The van der Waals surface area contributed by atoms with E-state index in [0.717, 1.165) is 29.7 Å². The maximum absolute atomic E-state index is 11.7. The highest BCUT2D eigenvalue weighted by atomic mass is 32.1. The molecule has 0 spiro atoms. The van der Waals surface area contributed by atoms with Crippen LogP contribution in [0.4, 0.5) is 0 Å². The first kappa shape index (κ1) is 15.2. The van der Waals surface area contributed by atoms with Gasteiger partial charge in [-0.25, -0.2) is 4.79 Å². The Morgan fingerprint density at radius 1 is 1.50 bits per heavy atom. The number of nitrogens with two attached hydrogens (primary N) is 1. The second kappa shape index (κ2) is 6.90. The third kappa shape index (κ3) is 3.12. The summed E-state index contributed by atoms with van der Waals surface area (Å²) in [4.78, 5) is 13.8. The van der Waals surface area contributed by atoms with Crippen molar-refractivity contribution < 1.29 is 9.53 Å². The molecule has 0 saturated carbocycles. The standard InChI is InChI=1S/C12H17NO2S.C2H6/c1-3-15-12(14)11-7(2)9-6-8(13)4-5-10(9)16-11;1-2/h8H,3-6,13H2,1-2H3;1-2H3. The molecule has 0 aliphatic heterocycles. The van der Waals surface area contributed by atoms with Crippen LogP contribution in [0, 0.1) is 6.92 Å². The van der Waals surface area contributed by atoms with Gasteiger partial charge in [0.2, 0.25) is 0 Å². The van der Waals surface area contributed by atoms with Gasteiger partial charge >= 0.3 is 5.97 Å². The highest BCUT2D eigenvalue weighted by molar-refractivity contribution is 7.14. The second-order valence-electron chi connectivity index (χ2n) is 4.18. The highest BCUT2D eigenvalue weighted by Crippen LogP contribution is 2.33. The van der Waals surface area contributed by atoms with E-state index in [0.29, 0.717) is 6.61 Å². The lowest BCUT2D eigenvalue weighted by molar-refractivity contribution is 0.0531. The molecule has 2 N–H and O–H groups in total. The summed E-state index contributed by atoms with van der Waals surface area (Å²) in [6, 6.07) is 0.246. The molecule has 1 aliphatic rings. The molecule has 1 atom stereocenters. The number of hydrogen-bond acceptors (Lipinski definition) is 4. The van der Waals surface area contributed by atoms with Crippen molar-refractivity contribution in [3.8, 4) is 0 Å². The number of aryl methyl sites for hydroxylation is 1. The van der Waals surface area contributed by atoms with Crippen molar-refractivity contribution in [2.75, 3.05) is 6.61 Å². The highest BCUT2D eigenvalue weighted by Gasteiger charge is 2.25. The minimum Gasteiger partial charge on any atom is -0.462 e. The minimum absolute atomic E-state index is 0.187. The zero-order chi connectivity index (χ0) is 13.7. The summed E-state index contributed by atoms with van der Waals surface area (Å²) in [7, 11) is 0. The van der Waals surface area contributed by atoms with Gasteiger partial charge in [-0.05, 0) is 44.2 Å². The van der Waals surface area contributed by atoms with Crippen molar-refractivity contribution in [2.24, 2.45) is 5.73 Å². The van der Waals surface area contributed by atoms with Crippen molar-refractivity contribution in [1.82, 2.24) is 0 Å². The molecule has 0 amide bonds. The van der Waals surface area contributed by atoms with Crippen molar-refractivity contribution in [3.05, 3.63) is 20.9 Å². The number of thiophene rings is 1. The molecule has 0 saturated heterocycles. The van der Waals surface area contributed by atoms with Gasteiger partial charge in [0.15, 0.2) is 0 Å². The van der Waals surface area contributed by atoms with Gasteiger partial charge in [0.1, 0.15) is 4.88 Å². The Kier molecular flexibility index (Phi) is 5.82. The van der Waals surface area contributed by atoms with E-state index in [1.165, 1.54) is 10.4 Å². The summed E-state index contributed by atoms with van der Waals surface area (Å²) < 4.78 is 5.05. The molecule has 3 nitrogen and oxygen atoms in total. The summed E-state index contributed by atoms with van der Waals surface area (Å²) >= 11 is 1.58. The van der Waals surface area contributed by atoms with E-state index in [9.17, 15) is 4.79 Å². The first-order valence-corrected chi connectivity index (χ1v) is 7.49. The molecule has 2 rings (SSSR count). The van der Waals surface area contributed by atoms with Crippen LogP contribution in [0.25, 0.3) is 0 Å². The van der Waals surface area contributed by atoms with E-state index in [1.54, 1.807) is 11.3 Å². The molecular weight excluding hydrogens is 246 g/mol. The maximum Gasteiger partial charge on any atom is 0.348 e. The summed E-state index contributed by atoms with van der Waals surface area (Å²) in [6.45, 7) is 8.26. The molecule has 18 heavy (non-hydrogen) atoms. The number of ether oxygens (including phenoxy) is 1. The molecule has 0 radical (unpaired) electrons. The molecule has 102 valence electrons. The van der Waals surface area contributed by atoms with Crippen LogP contribution < -0.4 is 5.73 Å². The van der Waals surface area contributed by atoms with Crippen molar-refractivity contribution >= 4 is 17.3 Å². The maximum atomic E-state index is 11.7. The predicted octanol–water partition coefficient (Wildman–Crippen LogP) is 3.08. The number of esters is 1. The minimum atomic E-state index is -0.187. The van der Waals surface area contributed by atoms with Gasteiger partial charge in [-0.1, -0.05) is 13.8 Å². The van der Waals surface area contributed by atoms with Crippen LogP contribution in [0.3, 0.4) is 0 Å². The van der Waals surface area contributed by atoms with Crippen LogP contribution in [-0.2, 0) is 17.6 Å². The lowest BCUT2D eigenvalue weighted by Gasteiger charge is -2.18. The van der Waals surface area contributed by atoms with Crippen LogP contribution in [0.2, 0.25) is 0 Å². The SMILES string of the molecule is CC.CCOC(=O)c1sc2c(c1C)CC(N)CC2. The lowest BCUT2D eigenvalue weighted by Crippen LogP contribution is -2.27. The topological polar surface area (TPSA) is 52.3 Å². The summed E-state index contributed by atoms with van der Waals surface area (Å²) in [6.07, 6.45) is 2.92. The van der Waals surface area contributed by atoms with E-state index >= 15 is 0 Å². The van der Waals surface area contributed by atoms with Crippen LogP contribution in [0.1, 0.15) is 52.9 Å².